The number of anilines is 1. The second kappa shape index (κ2) is 7.55. The summed E-state index contributed by atoms with van der Waals surface area (Å²) in [6.45, 7) is 0.105. The number of benzene rings is 1. The molecule has 3 N–H and O–H groups in total. The van der Waals surface area contributed by atoms with Gasteiger partial charge in [0.2, 0.25) is 18.4 Å². The first-order valence-electron chi connectivity index (χ1n) is 8.88. The highest BCUT2D eigenvalue weighted by Gasteiger charge is 2.26. The number of hydrogen-bond acceptors (Lipinski definition) is 11. The van der Waals surface area contributed by atoms with E-state index >= 15 is 0 Å². The van der Waals surface area contributed by atoms with Gasteiger partial charge in [0.15, 0.2) is 17.2 Å². The quantitative estimate of drug-likeness (QED) is 0.348. The zero-order valence-electron chi connectivity index (χ0n) is 15.7. The summed E-state index contributed by atoms with van der Waals surface area (Å²) < 4.78 is 16.7. The molecule has 31 heavy (non-hydrogen) atoms. The van der Waals surface area contributed by atoms with E-state index in [-0.39, 0.29) is 29.8 Å². The first kappa shape index (κ1) is 18.2. The molecule has 0 fully saturated rings. The predicted molar refractivity (Wildman–Crippen MR) is 104 cm³/mol. The van der Waals surface area contributed by atoms with Crippen molar-refractivity contribution >= 4 is 17.9 Å². The Morgan fingerprint density at radius 2 is 2.00 bits per heavy atom. The number of nitrogen functional groups attached to an aromatic ring is 1. The molecule has 1 aliphatic heterocycles. The minimum Gasteiger partial charge on any atom is -0.454 e. The average Bonchev–Trinajstić information content (AvgIpc) is 3.52. The van der Waals surface area contributed by atoms with Gasteiger partial charge in [-0.05, 0) is 46.2 Å². The Bertz CT molecular complexity index is 1280. The van der Waals surface area contributed by atoms with Crippen molar-refractivity contribution in [1.82, 2.24) is 35.7 Å². The van der Waals surface area contributed by atoms with E-state index in [4.69, 9.17) is 15.2 Å². The van der Waals surface area contributed by atoms with Gasteiger partial charge < -0.3 is 15.2 Å². The van der Waals surface area contributed by atoms with Crippen molar-refractivity contribution in [1.29, 1.82) is 0 Å². The molecule has 4 aromatic rings. The number of carbonyl (C=O) groups is 1. The second-order valence-electron chi connectivity index (χ2n) is 6.22. The summed E-state index contributed by atoms with van der Waals surface area (Å²) in [6.07, 6.45) is 4.70. The van der Waals surface area contributed by atoms with E-state index in [9.17, 15) is 4.79 Å². The molecule has 154 valence electrons. The lowest BCUT2D eigenvalue weighted by Crippen LogP contribution is -2.19. The van der Waals surface area contributed by atoms with Crippen molar-refractivity contribution in [3.05, 3.63) is 54.0 Å². The minimum atomic E-state index is -0.598. The van der Waals surface area contributed by atoms with Crippen molar-refractivity contribution in [2.45, 2.75) is 0 Å². The Morgan fingerprint density at radius 3 is 2.81 bits per heavy atom. The topological polar surface area (TPSA) is 168 Å². The third-order valence-corrected chi connectivity index (χ3v) is 4.31. The van der Waals surface area contributed by atoms with Gasteiger partial charge in [-0.3, -0.25) is 9.78 Å². The molecule has 13 nitrogen and oxygen atoms in total. The number of nitrogens with two attached hydrogens (primary N) is 1. The lowest BCUT2D eigenvalue weighted by Gasteiger charge is -2.07. The standard InChI is InChI=1S/C18H13N9O4/c19-16-17(25-31-24-16)27-15(11-1-2-12-13(7-11)30-9-29-12)14(22-26-27)18(28)23-21-8-10-3-5-20-6-4-10/h1-8H,9H2,(H2,19,24)(H,23,28). The number of pyridine rings is 1. The molecule has 1 amide bonds. The predicted octanol–water partition coefficient (Wildman–Crippen LogP) is 0.787. The number of nitrogens with one attached hydrogen (secondary N) is 1. The van der Waals surface area contributed by atoms with Crippen LogP contribution in [0.3, 0.4) is 0 Å². The zero-order chi connectivity index (χ0) is 21.2. The van der Waals surface area contributed by atoms with E-state index < -0.39 is 5.91 Å². The van der Waals surface area contributed by atoms with Crippen LogP contribution in [0.2, 0.25) is 0 Å². The van der Waals surface area contributed by atoms with Gasteiger partial charge in [0.05, 0.1) is 6.21 Å². The first-order chi connectivity index (χ1) is 15.2. The summed E-state index contributed by atoms with van der Waals surface area (Å²) in [7, 11) is 0. The average molecular weight is 419 g/mol. The summed E-state index contributed by atoms with van der Waals surface area (Å²) >= 11 is 0. The van der Waals surface area contributed by atoms with Crippen LogP contribution in [-0.2, 0) is 0 Å². The maximum Gasteiger partial charge on any atom is 0.294 e. The molecule has 0 bridgehead atoms. The van der Waals surface area contributed by atoms with Crippen LogP contribution in [0.15, 0.2) is 52.5 Å². The molecule has 0 atom stereocenters. The van der Waals surface area contributed by atoms with Gasteiger partial charge in [0.25, 0.3) is 5.91 Å². The molecule has 13 heteroatoms. The number of hydrogen-bond donors (Lipinski definition) is 2. The first-order valence-corrected chi connectivity index (χ1v) is 8.88. The summed E-state index contributed by atoms with van der Waals surface area (Å²) in [6, 6.07) is 8.61. The molecule has 0 aliphatic carbocycles. The van der Waals surface area contributed by atoms with Crippen molar-refractivity contribution < 1.29 is 18.9 Å². The van der Waals surface area contributed by atoms with Crippen LogP contribution in [0.4, 0.5) is 5.82 Å². The highest BCUT2D eigenvalue weighted by molar-refractivity contribution is 5.99. The number of nitrogens with zero attached hydrogens (tertiary/aromatic N) is 7. The fraction of sp³-hybridized carbons (Fsp3) is 0.0556. The van der Waals surface area contributed by atoms with E-state index in [0.29, 0.717) is 17.1 Å². The SMILES string of the molecule is Nc1nonc1-n1nnc(C(=O)NN=Cc2ccncc2)c1-c1ccc2c(c1)OCO2. The number of rotatable bonds is 5. The normalized spacial score (nSPS) is 12.4. The van der Waals surface area contributed by atoms with Crippen LogP contribution in [0.1, 0.15) is 16.1 Å². The molecule has 3 aromatic heterocycles. The van der Waals surface area contributed by atoms with E-state index in [1.807, 2.05) is 0 Å². The van der Waals surface area contributed by atoms with Crippen molar-refractivity contribution in [2.75, 3.05) is 12.5 Å². The van der Waals surface area contributed by atoms with Gasteiger partial charge in [0.1, 0.15) is 5.69 Å². The van der Waals surface area contributed by atoms with Gasteiger partial charge >= 0.3 is 0 Å². The van der Waals surface area contributed by atoms with Crippen LogP contribution >= 0.6 is 0 Å². The molecule has 0 spiro atoms. The van der Waals surface area contributed by atoms with Crippen molar-refractivity contribution in [3.63, 3.8) is 0 Å². The summed E-state index contributed by atoms with van der Waals surface area (Å²) in [5.74, 6) is 0.560. The highest BCUT2D eigenvalue weighted by Crippen LogP contribution is 2.37. The van der Waals surface area contributed by atoms with E-state index in [1.54, 1.807) is 42.7 Å². The lowest BCUT2D eigenvalue weighted by atomic mass is 10.1. The lowest BCUT2D eigenvalue weighted by molar-refractivity contribution is 0.0950. The molecule has 5 rings (SSSR count). The number of ether oxygens (including phenoxy) is 2. The van der Waals surface area contributed by atoms with Gasteiger partial charge in [-0.2, -0.15) is 9.78 Å². The van der Waals surface area contributed by atoms with Crippen LogP contribution < -0.4 is 20.6 Å². The van der Waals surface area contributed by atoms with Crippen molar-refractivity contribution in [2.24, 2.45) is 5.10 Å². The third-order valence-electron chi connectivity index (χ3n) is 4.31. The zero-order valence-corrected chi connectivity index (χ0v) is 15.7. The van der Waals surface area contributed by atoms with Crippen LogP contribution in [0.5, 0.6) is 11.5 Å². The fourth-order valence-electron chi connectivity index (χ4n) is 2.89. The highest BCUT2D eigenvalue weighted by atomic mass is 16.7. The van der Waals surface area contributed by atoms with Crippen LogP contribution in [0, 0.1) is 0 Å². The smallest absolute Gasteiger partial charge is 0.294 e. The Labute approximate surface area is 173 Å². The van der Waals surface area contributed by atoms with Gasteiger partial charge in [-0.15, -0.1) is 5.10 Å². The van der Waals surface area contributed by atoms with E-state index in [2.05, 4.69) is 40.8 Å². The summed E-state index contributed by atoms with van der Waals surface area (Å²) in [4.78, 5) is 16.8. The fourth-order valence-corrected chi connectivity index (χ4v) is 2.89. The summed E-state index contributed by atoms with van der Waals surface area (Å²) in [5, 5.41) is 19.2. The van der Waals surface area contributed by atoms with Crippen LogP contribution in [0.25, 0.3) is 17.1 Å². The largest absolute Gasteiger partial charge is 0.454 e. The molecule has 1 aromatic carbocycles. The summed E-state index contributed by atoms with van der Waals surface area (Å²) in [5.41, 5.74) is 9.83. The Hall–Kier alpha value is -4.81. The molecule has 0 radical (unpaired) electrons. The third kappa shape index (κ3) is 3.39. The molecule has 0 unspecified atom stereocenters. The van der Waals surface area contributed by atoms with Crippen LogP contribution in [-0.4, -0.2) is 49.2 Å². The number of hydrazone groups is 1. The number of fused-ring (bicyclic) bond motifs is 1. The minimum absolute atomic E-state index is 0.0189. The second-order valence-corrected chi connectivity index (χ2v) is 6.22. The Morgan fingerprint density at radius 1 is 1.16 bits per heavy atom. The molecule has 4 heterocycles. The number of aromatic nitrogens is 6. The Kier molecular flexibility index (Phi) is 4.44. The maximum atomic E-state index is 12.8. The van der Waals surface area contributed by atoms with E-state index in [0.717, 1.165) is 5.56 Å². The van der Waals surface area contributed by atoms with Gasteiger partial charge in [-0.25, -0.2) is 10.1 Å². The molecular formula is C18H13N9O4. The molecule has 0 saturated heterocycles. The van der Waals surface area contributed by atoms with E-state index in [1.165, 1.54) is 10.9 Å². The van der Waals surface area contributed by atoms with Gasteiger partial charge in [-0.1, -0.05) is 5.21 Å². The monoisotopic (exact) mass is 419 g/mol. The maximum absolute atomic E-state index is 12.8. The molecular weight excluding hydrogens is 406 g/mol. The number of amides is 1. The number of carbonyl (C=O) groups excluding carboxylic acids is 1. The molecule has 1 aliphatic rings. The molecule has 0 saturated carbocycles. The van der Waals surface area contributed by atoms with Crippen molar-refractivity contribution in [3.8, 4) is 28.6 Å². The Balaban J connectivity index is 1.53. The van der Waals surface area contributed by atoms with Gasteiger partial charge in [0, 0.05) is 18.0 Å².